The molecule has 0 aliphatic carbocycles. The van der Waals surface area contributed by atoms with Crippen molar-refractivity contribution in [1.29, 1.82) is 0 Å². The quantitative estimate of drug-likeness (QED) is 0.154. The number of unbranched alkanes of at least 4 members (excludes halogenated alkanes) is 11. The zero-order valence-electron chi connectivity index (χ0n) is 21.6. The van der Waals surface area contributed by atoms with Crippen LogP contribution in [0, 0.1) is 11.8 Å². The molecule has 0 spiro atoms. The van der Waals surface area contributed by atoms with Gasteiger partial charge < -0.3 is 9.47 Å². The predicted molar refractivity (Wildman–Crippen MR) is 139 cm³/mol. The van der Waals surface area contributed by atoms with Crippen molar-refractivity contribution in [2.45, 2.75) is 104 Å². The molecule has 0 N–H and O–H groups in total. The van der Waals surface area contributed by atoms with E-state index in [-0.39, 0.29) is 29.8 Å². The summed E-state index contributed by atoms with van der Waals surface area (Å²) in [5.74, 6) is 0.119. The molecule has 0 aromatic carbocycles. The molecule has 0 radical (unpaired) electrons. The largest absolute Gasteiger partial charge is 0.473 e. The first-order chi connectivity index (χ1) is 16.6. The van der Waals surface area contributed by atoms with Gasteiger partial charge in [0.05, 0.1) is 19.0 Å². The number of carbonyl (C=O) groups is 2. The van der Waals surface area contributed by atoms with Gasteiger partial charge in [0.2, 0.25) is 11.6 Å². The van der Waals surface area contributed by atoms with Gasteiger partial charge >= 0.3 is 0 Å². The smallest absolute Gasteiger partial charge is 0.254 e. The lowest BCUT2D eigenvalue weighted by Gasteiger charge is -2.11. The van der Waals surface area contributed by atoms with Gasteiger partial charge in [-0.2, -0.15) is 0 Å². The van der Waals surface area contributed by atoms with Crippen LogP contribution in [0.5, 0.6) is 0 Å². The van der Waals surface area contributed by atoms with Gasteiger partial charge in [0.25, 0.3) is 11.8 Å². The van der Waals surface area contributed by atoms with E-state index in [4.69, 9.17) is 9.47 Å². The highest BCUT2D eigenvalue weighted by molar-refractivity contribution is 6.41. The van der Waals surface area contributed by atoms with Crippen molar-refractivity contribution in [3.8, 4) is 0 Å². The summed E-state index contributed by atoms with van der Waals surface area (Å²) in [5, 5.41) is 0. The molecule has 0 bridgehead atoms. The summed E-state index contributed by atoms with van der Waals surface area (Å²) in [4.78, 5) is 33.4. The normalized spacial score (nSPS) is 16.4. The maximum atomic E-state index is 12.7. The Morgan fingerprint density at radius 2 is 1.32 bits per heavy atom. The van der Waals surface area contributed by atoms with E-state index in [1.807, 2.05) is 12.2 Å². The minimum atomic E-state index is -0.568. The van der Waals surface area contributed by atoms with Crippen LogP contribution < -0.4 is 0 Å². The van der Waals surface area contributed by atoms with E-state index in [0.717, 1.165) is 18.8 Å². The zero-order valence-corrected chi connectivity index (χ0v) is 21.6. The first-order valence-electron chi connectivity index (χ1n) is 13.7. The van der Waals surface area contributed by atoms with Crippen molar-refractivity contribution in [3.05, 3.63) is 12.2 Å². The van der Waals surface area contributed by atoms with Crippen LogP contribution in [0.25, 0.3) is 0 Å². The third-order valence-electron chi connectivity index (χ3n) is 6.38. The topological polar surface area (TPSA) is 77.3 Å². The summed E-state index contributed by atoms with van der Waals surface area (Å²) in [6.45, 7) is 6.48. The van der Waals surface area contributed by atoms with Crippen molar-refractivity contribution in [3.63, 3.8) is 0 Å². The van der Waals surface area contributed by atoms with Gasteiger partial charge in [-0.15, -0.1) is 0 Å². The Labute approximate surface area is 206 Å². The number of aliphatic imine (C=N–C) groups is 2. The lowest BCUT2D eigenvalue weighted by molar-refractivity contribution is -0.121. The van der Waals surface area contributed by atoms with Gasteiger partial charge in [-0.1, -0.05) is 96.6 Å². The molecule has 0 amide bonds. The van der Waals surface area contributed by atoms with E-state index >= 15 is 0 Å². The predicted octanol–water partition coefficient (Wildman–Crippen LogP) is 6.27. The molecule has 0 aromatic heterocycles. The molecule has 1 unspecified atom stereocenters. The fraction of sp³-hybridized carbons (Fsp3) is 0.786. The fourth-order valence-corrected chi connectivity index (χ4v) is 4.35. The van der Waals surface area contributed by atoms with Gasteiger partial charge in [-0.05, 0) is 18.8 Å². The Morgan fingerprint density at radius 1 is 0.794 bits per heavy atom. The molecule has 6 nitrogen and oxygen atoms in total. The van der Waals surface area contributed by atoms with E-state index in [1.54, 1.807) is 0 Å². The first-order valence-corrected chi connectivity index (χ1v) is 13.7. The second-order valence-corrected chi connectivity index (χ2v) is 9.96. The summed E-state index contributed by atoms with van der Waals surface area (Å²) in [6, 6.07) is 0. The Morgan fingerprint density at radius 3 is 1.85 bits per heavy atom. The third kappa shape index (κ3) is 11.9. The SMILES string of the molecule is CC(C)CCCCCCCCCCCCCC=CC(CC(=O)C1=NCCO1)C(=O)C1=NCCO1. The van der Waals surface area contributed by atoms with Crippen molar-refractivity contribution >= 4 is 23.4 Å². The second kappa shape index (κ2) is 17.5. The molecule has 6 heteroatoms. The Hall–Kier alpha value is -1.98. The lowest BCUT2D eigenvalue weighted by Crippen LogP contribution is -2.27. The zero-order chi connectivity index (χ0) is 24.4. The third-order valence-corrected chi connectivity index (χ3v) is 6.38. The van der Waals surface area contributed by atoms with Crippen LogP contribution in [0.4, 0.5) is 0 Å². The average molecular weight is 475 g/mol. The summed E-state index contributed by atoms with van der Waals surface area (Å²) in [7, 11) is 0. The highest BCUT2D eigenvalue weighted by Gasteiger charge is 2.29. The molecule has 0 saturated carbocycles. The van der Waals surface area contributed by atoms with E-state index in [2.05, 4.69) is 23.8 Å². The molecular weight excluding hydrogens is 428 g/mol. The molecule has 2 aliphatic heterocycles. The molecule has 1 atom stereocenters. The van der Waals surface area contributed by atoms with Crippen molar-refractivity contribution < 1.29 is 19.1 Å². The van der Waals surface area contributed by atoms with E-state index in [1.165, 1.54) is 70.6 Å². The van der Waals surface area contributed by atoms with Crippen LogP contribution in [0.15, 0.2) is 22.1 Å². The average Bonchev–Trinajstić information content (AvgIpc) is 3.54. The number of allylic oxidation sites excluding steroid dienone is 2. The fourth-order valence-electron chi connectivity index (χ4n) is 4.35. The van der Waals surface area contributed by atoms with Gasteiger partial charge in [-0.25, -0.2) is 9.98 Å². The van der Waals surface area contributed by atoms with Crippen molar-refractivity contribution in [2.75, 3.05) is 26.3 Å². The Bertz CT molecular complexity index is 697. The van der Waals surface area contributed by atoms with Gasteiger partial charge in [0.15, 0.2) is 0 Å². The highest BCUT2D eigenvalue weighted by atomic mass is 16.5. The van der Waals surface area contributed by atoms with Gasteiger partial charge in [-0.3, -0.25) is 9.59 Å². The summed E-state index contributed by atoms with van der Waals surface area (Å²) >= 11 is 0. The molecule has 2 aliphatic rings. The van der Waals surface area contributed by atoms with Crippen LogP contribution in [0.3, 0.4) is 0 Å². The van der Waals surface area contributed by atoms with Gasteiger partial charge in [0, 0.05) is 6.42 Å². The number of ketones is 2. The monoisotopic (exact) mass is 474 g/mol. The number of Topliss-reactive ketones (excluding diaryl/α,β-unsaturated/α-hetero) is 2. The molecule has 2 heterocycles. The number of ether oxygens (including phenoxy) is 2. The van der Waals surface area contributed by atoms with Crippen LogP contribution in [-0.4, -0.2) is 49.7 Å². The summed E-state index contributed by atoms with van der Waals surface area (Å²) in [5.41, 5.74) is 0. The lowest BCUT2D eigenvalue weighted by atomic mass is 9.95. The van der Waals surface area contributed by atoms with E-state index in [9.17, 15) is 9.59 Å². The molecule has 0 saturated heterocycles. The Kier molecular flexibility index (Phi) is 14.5. The first kappa shape index (κ1) is 28.3. The molecule has 192 valence electrons. The number of hydrogen-bond acceptors (Lipinski definition) is 6. The number of hydrogen-bond donors (Lipinski definition) is 0. The maximum Gasteiger partial charge on any atom is 0.254 e. The maximum absolute atomic E-state index is 12.7. The summed E-state index contributed by atoms with van der Waals surface area (Å²) < 4.78 is 10.6. The summed E-state index contributed by atoms with van der Waals surface area (Å²) in [6.07, 6.45) is 20.8. The van der Waals surface area contributed by atoms with Crippen LogP contribution >= 0.6 is 0 Å². The van der Waals surface area contributed by atoms with Crippen molar-refractivity contribution in [1.82, 2.24) is 0 Å². The minimum Gasteiger partial charge on any atom is -0.473 e. The van der Waals surface area contributed by atoms with Crippen LogP contribution in [0.1, 0.15) is 104 Å². The molecule has 0 fully saturated rings. The molecule has 34 heavy (non-hydrogen) atoms. The van der Waals surface area contributed by atoms with E-state index < -0.39 is 5.92 Å². The number of rotatable bonds is 20. The number of nitrogens with zero attached hydrogens (tertiary/aromatic N) is 2. The second-order valence-electron chi connectivity index (χ2n) is 9.96. The van der Waals surface area contributed by atoms with E-state index in [0.29, 0.717) is 26.3 Å². The number of carbonyl (C=O) groups excluding carboxylic acids is 2. The van der Waals surface area contributed by atoms with Gasteiger partial charge in [0.1, 0.15) is 13.2 Å². The standard InChI is InChI=1S/C28H46N2O4/c1-23(2)16-14-12-10-8-6-4-3-5-7-9-11-13-15-17-24(26(32)28-30-19-21-34-28)22-25(31)27-29-18-20-33-27/h15,17,23-24H,3-14,16,18-22H2,1-2H3. The van der Waals surface area contributed by atoms with Crippen LogP contribution in [0.2, 0.25) is 0 Å². The van der Waals surface area contributed by atoms with Crippen LogP contribution in [-0.2, 0) is 19.1 Å². The minimum absolute atomic E-state index is 0.0499. The molecule has 2 rings (SSSR count). The molecule has 0 aromatic rings. The van der Waals surface area contributed by atoms with Crippen molar-refractivity contribution in [2.24, 2.45) is 21.8 Å². The highest BCUT2D eigenvalue weighted by Crippen LogP contribution is 2.16. The molecular formula is C28H46N2O4. The Balaban J connectivity index is 1.55.